The average molecular weight is 404 g/mol. The smallest absolute Gasteiger partial charge is 0.352 e. The SMILES string of the molecule is CO[C@@]1(S(=O)(=O)C(C)C#N)C(=O)N2C(C(=O)O)=C(COC(C)=O)CS[C@@H]21. The van der Waals surface area contributed by atoms with E-state index in [-0.39, 0.29) is 17.9 Å². The highest BCUT2D eigenvalue weighted by molar-refractivity contribution is 8.02. The summed E-state index contributed by atoms with van der Waals surface area (Å²) in [5.41, 5.74) is -0.273. The fourth-order valence-electron chi connectivity index (χ4n) is 2.76. The molecule has 0 aromatic heterocycles. The number of sulfone groups is 1. The van der Waals surface area contributed by atoms with Gasteiger partial charge in [-0.25, -0.2) is 13.2 Å². The first-order valence-electron chi connectivity index (χ1n) is 7.28. The summed E-state index contributed by atoms with van der Waals surface area (Å²) in [6.45, 7) is 1.95. The molecule has 26 heavy (non-hydrogen) atoms. The van der Waals surface area contributed by atoms with E-state index in [1.54, 1.807) is 6.07 Å². The number of fused-ring (bicyclic) bond motifs is 1. The third-order valence-electron chi connectivity index (χ3n) is 4.09. The quantitative estimate of drug-likeness (QED) is 0.452. The normalized spacial score (nSPS) is 26.5. The number of hydrogen-bond acceptors (Lipinski definition) is 9. The van der Waals surface area contributed by atoms with E-state index in [2.05, 4.69) is 0 Å². The van der Waals surface area contributed by atoms with Gasteiger partial charge in [-0.2, -0.15) is 5.26 Å². The molecule has 142 valence electrons. The summed E-state index contributed by atoms with van der Waals surface area (Å²) in [7, 11) is -3.35. The van der Waals surface area contributed by atoms with Gasteiger partial charge in [-0.3, -0.25) is 14.5 Å². The van der Waals surface area contributed by atoms with Crippen LogP contribution in [0.3, 0.4) is 0 Å². The summed E-state index contributed by atoms with van der Waals surface area (Å²) < 4.78 is 35.2. The first-order chi connectivity index (χ1) is 12.1. The molecule has 2 rings (SSSR count). The second-order valence-electron chi connectivity index (χ2n) is 5.56. The molecule has 1 N–H and O–H groups in total. The maximum absolute atomic E-state index is 12.7. The number of rotatable bonds is 6. The molecule has 0 saturated carbocycles. The molecule has 10 nitrogen and oxygen atoms in total. The molecule has 0 aliphatic carbocycles. The molecule has 1 fully saturated rings. The van der Waals surface area contributed by atoms with E-state index >= 15 is 0 Å². The van der Waals surface area contributed by atoms with Crippen molar-refractivity contribution < 1.29 is 37.4 Å². The van der Waals surface area contributed by atoms with Gasteiger partial charge in [0.05, 0.1) is 6.07 Å². The van der Waals surface area contributed by atoms with E-state index in [0.29, 0.717) is 0 Å². The standard InChI is InChI=1S/C14H16N2O8S2/c1-7(4-15)26(21,22)14(23-3)12(20)16-10(11(18)19)9(5-24-8(2)17)6-25-13(14)16/h7,13H,5-6H2,1-3H3,(H,18,19)/t7?,13-,14-/m1/s1. The topological polar surface area (TPSA) is 151 Å². The van der Waals surface area contributed by atoms with Crippen LogP contribution in [0, 0.1) is 11.3 Å². The minimum Gasteiger partial charge on any atom is -0.477 e. The summed E-state index contributed by atoms with van der Waals surface area (Å²) in [6, 6.07) is 1.57. The van der Waals surface area contributed by atoms with Crippen molar-refractivity contribution >= 4 is 39.4 Å². The average Bonchev–Trinajstić information content (AvgIpc) is 2.58. The van der Waals surface area contributed by atoms with Crippen molar-refractivity contribution in [2.75, 3.05) is 19.5 Å². The van der Waals surface area contributed by atoms with Gasteiger partial charge in [0.25, 0.3) is 10.8 Å². The molecular formula is C14H16N2O8S2. The number of aliphatic carboxylic acids is 1. The lowest BCUT2D eigenvalue weighted by Crippen LogP contribution is -2.78. The minimum absolute atomic E-state index is 0.0188. The van der Waals surface area contributed by atoms with E-state index in [1.807, 2.05) is 0 Å². The Kier molecular flexibility index (Phi) is 5.36. The molecule has 3 atom stereocenters. The van der Waals surface area contributed by atoms with Gasteiger partial charge < -0.3 is 14.6 Å². The lowest BCUT2D eigenvalue weighted by Gasteiger charge is -2.55. The second-order valence-corrected chi connectivity index (χ2v) is 9.04. The second kappa shape index (κ2) is 6.90. The predicted octanol–water partition coefficient (Wildman–Crippen LogP) is -0.527. The molecule has 1 amide bonds. The fraction of sp³-hybridized carbons (Fsp3) is 0.571. The molecule has 0 aromatic rings. The van der Waals surface area contributed by atoms with Crippen molar-refractivity contribution in [1.82, 2.24) is 4.90 Å². The maximum Gasteiger partial charge on any atom is 0.352 e. The van der Waals surface area contributed by atoms with Crippen molar-refractivity contribution in [3.63, 3.8) is 0 Å². The van der Waals surface area contributed by atoms with Crippen LogP contribution in [-0.2, 0) is 33.7 Å². The molecule has 1 unspecified atom stereocenters. The number of carbonyl (C=O) groups excluding carboxylic acids is 2. The number of carboxylic acid groups (broad SMARTS) is 1. The highest BCUT2D eigenvalue weighted by Gasteiger charge is 2.73. The van der Waals surface area contributed by atoms with Crippen LogP contribution in [0.25, 0.3) is 0 Å². The summed E-state index contributed by atoms with van der Waals surface area (Å²) in [5, 5.41) is 15.8. The first kappa shape index (κ1) is 20.2. The molecule has 0 radical (unpaired) electrons. The first-order valence-corrected chi connectivity index (χ1v) is 9.87. The zero-order chi connectivity index (χ0) is 19.9. The minimum atomic E-state index is -4.37. The van der Waals surface area contributed by atoms with E-state index in [9.17, 15) is 27.9 Å². The number of amides is 1. The molecule has 2 aliphatic rings. The van der Waals surface area contributed by atoms with Crippen molar-refractivity contribution in [2.24, 2.45) is 0 Å². The Morgan fingerprint density at radius 1 is 1.54 bits per heavy atom. The van der Waals surface area contributed by atoms with Crippen LogP contribution >= 0.6 is 11.8 Å². The lowest BCUT2D eigenvalue weighted by atomic mass is 10.0. The van der Waals surface area contributed by atoms with Crippen LogP contribution in [-0.4, -0.2) is 71.3 Å². The van der Waals surface area contributed by atoms with Gasteiger partial charge >= 0.3 is 11.9 Å². The molecule has 0 spiro atoms. The Labute approximate surface area is 153 Å². The van der Waals surface area contributed by atoms with Crippen molar-refractivity contribution in [1.29, 1.82) is 5.26 Å². The van der Waals surface area contributed by atoms with Crippen molar-refractivity contribution in [3.8, 4) is 6.07 Å². The summed E-state index contributed by atoms with van der Waals surface area (Å²) >= 11 is 0.963. The number of ether oxygens (including phenoxy) is 2. The highest BCUT2D eigenvalue weighted by atomic mass is 32.2. The predicted molar refractivity (Wildman–Crippen MR) is 88.1 cm³/mol. The number of thioether (sulfide) groups is 1. The molecular weight excluding hydrogens is 388 g/mol. The van der Waals surface area contributed by atoms with Gasteiger partial charge in [0.15, 0.2) is 0 Å². The Morgan fingerprint density at radius 2 is 2.15 bits per heavy atom. The van der Waals surface area contributed by atoms with Gasteiger partial charge in [-0.1, -0.05) is 0 Å². The molecule has 12 heteroatoms. The number of hydrogen-bond donors (Lipinski definition) is 1. The van der Waals surface area contributed by atoms with Crippen LogP contribution in [0.2, 0.25) is 0 Å². The molecule has 2 heterocycles. The van der Waals surface area contributed by atoms with Crippen molar-refractivity contribution in [2.45, 2.75) is 29.4 Å². The van der Waals surface area contributed by atoms with E-state index in [1.165, 1.54) is 0 Å². The van der Waals surface area contributed by atoms with Crippen LogP contribution in [0.1, 0.15) is 13.8 Å². The summed E-state index contributed by atoms with van der Waals surface area (Å²) in [4.78, 5) is 33.8. The zero-order valence-corrected chi connectivity index (χ0v) is 15.7. The van der Waals surface area contributed by atoms with Crippen LogP contribution in [0.15, 0.2) is 11.3 Å². The van der Waals surface area contributed by atoms with Crippen LogP contribution in [0.4, 0.5) is 0 Å². The van der Waals surface area contributed by atoms with Gasteiger partial charge in [0, 0.05) is 25.4 Å². The van der Waals surface area contributed by atoms with Gasteiger partial charge in [-0.05, 0) is 6.92 Å². The van der Waals surface area contributed by atoms with Gasteiger partial charge in [0.1, 0.15) is 22.9 Å². The van der Waals surface area contributed by atoms with Crippen molar-refractivity contribution in [3.05, 3.63) is 11.3 Å². The molecule has 0 aromatic carbocycles. The molecule has 1 saturated heterocycles. The number of carbonyl (C=O) groups is 3. The Morgan fingerprint density at radius 3 is 2.62 bits per heavy atom. The van der Waals surface area contributed by atoms with Gasteiger partial charge in [-0.15, -0.1) is 11.8 Å². The fourth-order valence-corrected chi connectivity index (χ4v) is 6.33. The zero-order valence-electron chi connectivity index (χ0n) is 14.1. The summed E-state index contributed by atoms with van der Waals surface area (Å²) in [5.74, 6) is -3.15. The number of nitrogens with zero attached hydrogens (tertiary/aromatic N) is 2. The Hall–Kier alpha value is -2.10. The number of esters is 1. The van der Waals surface area contributed by atoms with E-state index in [0.717, 1.165) is 37.6 Å². The third kappa shape index (κ3) is 2.67. The number of nitriles is 1. The molecule has 2 aliphatic heterocycles. The number of carboxylic acids is 1. The maximum atomic E-state index is 12.7. The van der Waals surface area contributed by atoms with Crippen LogP contribution < -0.4 is 0 Å². The lowest BCUT2D eigenvalue weighted by molar-refractivity contribution is -0.168. The highest BCUT2D eigenvalue weighted by Crippen LogP contribution is 2.51. The van der Waals surface area contributed by atoms with Gasteiger partial charge in [0.2, 0.25) is 9.84 Å². The monoisotopic (exact) mass is 404 g/mol. The summed E-state index contributed by atoms with van der Waals surface area (Å²) in [6.07, 6.45) is 0. The Bertz CT molecular complexity index is 843. The van der Waals surface area contributed by atoms with E-state index < -0.39 is 48.9 Å². The number of methoxy groups -OCH3 is 1. The Balaban J connectivity index is 2.50. The van der Waals surface area contributed by atoms with E-state index in [4.69, 9.17) is 14.7 Å². The third-order valence-corrected chi connectivity index (χ3v) is 8.06. The van der Waals surface area contributed by atoms with Crippen LogP contribution in [0.5, 0.6) is 0 Å². The number of β-lactam (4-membered cyclic amide) rings is 1. The molecule has 0 bridgehead atoms. The largest absolute Gasteiger partial charge is 0.477 e.